The Bertz CT molecular complexity index is 272. The first kappa shape index (κ1) is 7.53. The molecule has 0 atom stereocenters. The molecule has 1 saturated carbocycles. The second-order valence-electron chi connectivity index (χ2n) is 3.54. The molecule has 0 amide bonds. The number of carbonyl (C=O) groups excluding carboxylic acids is 1. The SMILES string of the molecule is O=[C]C1(Cc2ccccc2)CC1. The van der Waals surface area contributed by atoms with Crippen LogP contribution in [-0.2, 0) is 11.2 Å². The van der Waals surface area contributed by atoms with Crippen molar-refractivity contribution in [2.75, 3.05) is 0 Å². The van der Waals surface area contributed by atoms with E-state index in [1.165, 1.54) is 5.56 Å². The summed E-state index contributed by atoms with van der Waals surface area (Å²) >= 11 is 0. The van der Waals surface area contributed by atoms with Gasteiger partial charge in [-0.3, -0.25) is 4.79 Å². The normalized spacial score (nSPS) is 18.7. The Labute approximate surface area is 72.4 Å². The van der Waals surface area contributed by atoms with Crippen LogP contribution >= 0.6 is 0 Å². The van der Waals surface area contributed by atoms with Gasteiger partial charge in [0.1, 0.15) is 0 Å². The summed E-state index contributed by atoms with van der Waals surface area (Å²) < 4.78 is 0. The van der Waals surface area contributed by atoms with Gasteiger partial charge in [-0.05, 0) is 24.8 Å². The number of rotatable bonds is 3. The van der Waals surface area contributed by atoms with Crippen LogP contribution in [0.3, 0.4) is 0 Å². The lowest BCUT2D eigenvalue weighted by Gasteiger charge is -2.04. The molecule has 1 aromatic carbocycles. The van der Waals surface area contributed by atoms with Gasteiger partial charge in [-0.25, -0.2) is 0 Å². The Kier molecular flexibility index (Phi) is 1.72. The third-order valence-electron chi connectivity index (χ3n) is 2.46. The summed E-state index contributed by atoms with van der Waals surface area (Å²) in [5, 5.41) is 0. The summed E-state index contributed by atoms with van der Waals surface area (Å²) in [5.41, 5.74) is 1.14. The van der Waals surface area contributed by atoms with Gasteiger partial charge in [0, 0.05) is 5.41 Å². The highest BCUT2D eigenvalue weighted by Gasteiger charge is 2.43. The maximum absolute atomic E-state index is 10.6. The minimum Gasteiger partial charge on any atom is -0.290 e. The Morgan fingerprint density at radius 2 is 1.92 bits per heavy atom. The smallest absolute Gasteiger partial charge is 0.205 e. The van der Waals surface area contributed by atoms with E-state index < -0.39 is 0 Å². The molecule has 0 saturated heterocycles. The van der Waals surface area contributed by atoms with Gasteiger partial charge in [0.05, 0.1) is 0 Å². The fraction of sp³-hybridized carbons (Fsp3) is 0.364. The van der Waals surface area contributed by atoms with Crippen LogP contribution in [0.5, 0.6) is 0 Å². The Hall–Kier alpha value is -1.11. The van der Waals surface area contributed by atoms with Crippen LogP contribution in [-0.4, -0.2) is 6.29 Å². The molecule has 0 heterocycles. The van der Waals surface area contributed by atoms with Crippen LogP contribution in [0.25, 0.3) is 0 Å². The zero-order valence-corrected chi connectivity index (χ0v) is 6.92. The molecule has 0 unspecified atom stereocenters. The molecule has 0 N–H and O–H groups in total. The average molecular weight is 159 g/mol. The highest BCUT2D eigenvalue weighted by molar-refractivity contribution is 5.65. The molecular weight excluding hydrogens is 148 g/mol. The number of hydrogen-bond donors (Lipinski definition) is 0. The Morgan fingerprint density at radius 3 is 2.42 bits per heavy atom. The van der Waals surface area contributed by atoms with E-state index in [-0.39, 0.29) is 5.41 Å². The van der Waals surface area contributed by atoms with Gasteiger partial charge < -0.3 is 0 Å². The Balaban J connectivity index is 2.09. The summed E-state index contributed by atoms with van der Waals surface area (Å²) in [5.74, 6) is 0. The van der Waals surface area contributed by atoms with E-state index in [0.717, 1.165) is 19.3 Å². The van der Waals surface area contributed by atoms with Crippen LogP contribution in [0.15, 0.2) is 30.3 Å². The minimum absolute atomic E-state index is 0.110. The van der Waals surface area contributed by atoms with Crippen molar-refractivity contribution in [3.63, 3.8) is 0 Å². The monoisotopic (exact) mass is 159 g/mol. The van der Waals surface area contributed by atoms with Gasteiger partial charge in [0.25, 0.3) is 0 Å². The summed E-state index contributed by atoms with van der Waals surface area (Å²) in [6, 6.07) is 10.1. The van der Waals surface area contributed by atoms with E-state index in [0.29, 0.717) is 0 Å². The standard InChI is InChI=1S/C11H11O/c12-9-11(6-7-11)8-10-4-2-1-3-5-10/h1-5H,6-8H2. The first-order chi connectivity index (χ1) is 5.85. The molecule has 1 heteroatoms. The average Bonchev–Trinajstić information content (AvgIpc) is 2.88. The highest BCUT2D eigenvalue weighted by Crippen LogP contribution is 2.46. The van der Waals surface area contributed by atoms with Crippen molar-refractivity contribution in [1.29, 1.82) is 0 Å². The molecule has 12 heavy (non-hydrogen) atoms. The molecule has 61 valence electrons. The fourth-order valence-corrected chi connectivity index (χ4v) is 1.45. The van der Waals surface area contributed by atoms with Gasteiger partial charge in [-0.15, -0.1) is 0 Å². The quantitative estimate of drug-likeness (QED) is 0.660. The van der Waals surface area contributed by atoms with Gasteiger partial charge in [0.2, 0.25) is 6.29 Å². The number of hydrogen-bond acceptors (Lipinski definition) is 1. The van der Waals surface area contributed by atoms with E-state index in [1.807, 2.05) is 18.2 Å². The largest absolute Gasteiger partial charge is 0.290 e. The van der Waals surface area contributed by atoms with Gasteiger partial charge >= 0.3 is 0 Å². The molecule has 0 bridgehead atoms. The van der Waals surface area contributed by atoms with E-state index >= 15 is 0 Å². The first-order valence-electron chi connectivity index (χ1n) is 4.28. The zero-order valence-electron chi connectivity index (χ0n) is 6.92. The Morgan fingerprint density at radius 1 is 1.25 bits per heavy atom. The number of benzene rings is 1. The van der Waals surface area contributed by atoms with Gasteiger partial charge in [0.15, 0.2) is 0 Å². The van der Waals surface area contributed by atoms with Crippen molar-refractivity contribution >= 4 is 6.29 Å². The van der Waals surface area contributed by atoms with Crippen LogP contribution in [0.4, 0.5) is 0 Å². The maximum Gasteiger partial charge on any atom is 0.205 e. The molecular formula is C11H11O. The predicted octanol–water partition coefficient (Wildman–Crippen LogP) is 2.12. The second-order valence-corrected chi connectivity index (χ2v) is 3.54. The molecule has 2 rings (SSSR count). The molecule has 1 nitrogen and oxygen atoms in total. The molecule has 0 aromatic heterocycles. The lowest BCUT2D eigenvalue weighted by molar-refractivity contribution is 0.513. The molecule has 0 spiro atoms. The van der Waals surface area contributed by atoms with Crippen LogP contribution in [0, 0.1) is 5.41 Å². The lowest BCUT2D eigenvalue weighted by Crippen LogP contribution is -2.05. The van der Waals surface area contributed by atoms with Crippen molar-refractivity contribution < 1.29 is 4.79 Å². The molecule has 1 aromatic rings. The van der Waals surface area contributed by atoms with Gasteiger partial charge in [-0.2, -0.15) is 0 Å². The maximum atomic E-state index is 10.6. The second kappa shape index (κ2) is 2.74. The van der Waals surface area contributed by atoms with Crippen LogP contribution < -0.4 is 0 Å². The third-order valence-corrected chi connectivity index (χ3v) is 2.46. The van der Waals surface area contributed by atoms with Crippen molar-refractivity contribution in [3.8, 4) is 0 Å². The van der Waals surface area contributed by atoms with Crippen molar-refractivity contribution in [2.45, 2.75) is 19.3 Å². The molecule has 0 aliphatic heterocycles. The molecule has 1 aliphatic carbocycles. The van der Waals surface area contributed by atoms with Crippen molar-refractivity contribution in [1.82, 2.24) is 0 Å². The molecule has 1 fully saturated rings. The van der Waals surface area contributed by atoms with Gasteiger partial charge in [-0.1, -0.05) is 30.3 Å². The molecule has 1 radical (unpaired) electrons. The summed E-state index contributed by atoms with van der Waals surface area (Å²) in [6.07, 6.45) is 5.06. The highest BCUT2D eigenvalue weighted by atomic mass is 16.1. The first-order valence-corrected chi connectivity index (χ1v) is 4.28. The topological polar surface area (TPSA) is 17.1 Å². The fourth-order valence-electron chi connectivity index (χ4n) is 1.45. The molecule has 1 aliphatic rings. The van der Waals surface area contributed by atoms with Crippen molar-refractivity contribution in [3.05, 3.63) is 35.9 Å². The van der Waals surface area contributed by atoms with E-state index in [4.69, 9.17) is 0 Å². The summed E-state index contributed by atoms with van der Waals surface area (Å²) in [7, 11) is 0. The van der Waals surface area contributed by atoms with Crippen LogP contribution in [0.1, 0.15) is 18.4 Å². The van der Waals surface area contributed by atoms with Crippen LogP contribution in [0.2, 0.25) is 0 Å². The lowest BCUT2D eigenvalue weighted by atomic mass is 9.98. The van der Waals surface area contributed by atoms with E-state index in [1.54, 1.807) is 0 Å². The van der Waals surface area contributed by atoms with Crippen molar-refractivity contribution in [2.24, 2.45) is 5.41 Å². The minimum atomic E-state index is -0.110. The predicted molar refractivity (Wildman–Crippen MR) is 47.5 cm³/mol. The van der Waals surface area contributed by atoms with E-state index in [9.17, 15) is 4.79 Å². The summed E-state index contributed by atoms with van der Waals surface area (Å²) in [4.78, 5) is 10.6. The van der Waals surface area contributed by atoms with E-state index in [2.05, 4.69) is 18.4 Å². The summed E-state index contributed by atoms with van der Waals surface area (Å²) in [6.45, 7) is 0. The zero-order chi connectivity index (χ0) is 8.44. The third kappa shape index (κ3) is 1.40.